The van der Waals surface area contributed by atoms with E-state index in [4.69, 9.17) is 6.42 Å². The van der Waals surface area contributed by atoms with Crippen molar-refractivity contribution < 1.29 is 14.4 Å². The Morgan fingerprint density at radius 2 is 2.08 bits per heavy atom. The van der Waals surface area contributed by atoms with Gasteiger partial charge in [-0.3, -0.25) is 14.5 Å². The highest BCUT2D eigenvalue weighted by Gasteiger charge is 2.57. The summed E-state index contributed by atoms with van der Waals surface area (Å²) in [5, 5.41) is 0. The van der Waals surface area contributed by atoms with Crippen LogP contribution in [0.5, 0.6) is 0 Å². The molecule has 134 valence electrons. The largest absolute Gasteiger partial charge is 0.327 e. The number of hydrogen-bond acceptors (Lipinski definition) is 3. The van der Waals surface area contributed by atoms with E-state index in [2.05, 4.69) is 12.8 Å². The molecule has 1 aliphatic carbocycles. The number of allylic oxidation sites excluding steroid dienone is 3. The quantitative estimate of drug-likeness (QED) is 0.334. The van der Waals surface area contributed by atoms with Crippen LogP contribution in [0.2, 0.25) is 0 Å². The second kappa shape index (κ2) is 7.26. The van der Waals surface area contributed by atoms with E-state index in [0.717, 1.165) is 24.2 Å². The van der Waals surface area contributed by atoms with E-state index >= 15 is 0 Å². The number of carbonyl (C=O) groups is 3. The van der Waals surface area contributed by atoms with Gasteiger partial charge >= 0.3 is 6.03 Å². The summed E-state index contributed by atoms with van der Waals surface area (Å²) in [7, 11) is 1.66. The van der Waals surface area contributed by atoms with Crippen LogP contribution in [0, 0.1) is 24.2 Å². The van der Waals surface area contributed by atoms with Gasteiger partial charge in [-0.1, -0.05) is 25.3 Å². The molecule has 5 heteroatoms. The standard InChI is InChI=1S/C20H26N2O3/c1-6-8-9-15(7-2)17(23)13-22-18(24)20(4,21(5)19(22)25)16-11-10-14(3)12-16/h1,7-9,14,16H,10-13H2,2-5H3/b9-8-,15-7+. The Morgan fingerprint density at radius 3 is 2.60 bits per heavy atom. The van der Waals surface area contributed by atoms with Crippen molar-refractivity contribution in [3.8, 4) is 12.3 Å². The summed E-state index contributed by atoms with van der Waals surface area (Å²) < 4.78 is 0. The molecular weight excluding hydrogens is 316 g/mol. The lowest BCUT2D eigenvalue weighted by Gasteiger charge is -2.34. The lowest BCUT2D eigenvalue weighted by atomic mass is 9.82. The van der Waals surface area contributed by atoms with Gasteiger partial charge in [0.2, 0.25) is 0 Å². The zero-order valence-electron chi connectivity index (χ0n) is 15.4. The zero-order valence-corrected chi connectivity index (χ0v) is 15.4. The molecule has 3 atom stereocenters. The van der Waals surface area contributed by atoms with E-state index in [1.165, 1.54) is 17.1 Å². The van der Waals surface area contributed by atoms with E-state index in [-0.39, 0.29) is 24.2 Å². The number of hydrogen-bond donors (Lipinski definition) is 0. The summed E-state index contributed by atoms with van der Waals surface area (Å²) in [6.07, 6.45) is 12.7. The summed E-state index contributed by atoms with van der Waals surface area (Å²) in [4.78, 5) is 40.7. The Labute approximate surface area is 149 Å². The Hall–Kier alpha value is -2.35. The maximum atomic E-state index is 13.0. The average Bonchev–Trinajstić information content (AvgIpc) is 3.09. The van der Waals surface area contributed by atoms with Gasteiger partial charge in [-0.2, -0.15) is 0 Å². The first-order valence-corrected chi connectivity index (χ1v) is 8.69. The van der Waals surface area contributed by atoms with Crippen LogP contribution >= 0.6 is 0 Å². The van der Waals surface area contributed by atoms with Gasteiger partial charge < -0.3 is 4.90 Å². The van der Waals surface area contributed by atoms with Crippen molar-refractivity contribution in [2.24, 2.45) is 11.8 Å². The Balaban J connectivity index is 2.22. The molecular formula is C20H26N2O3. The maximum absolute atomic E-state index is 13.0. The summed E-state index contributed by atoms with van der Waals surface area (Å²) >= 11 is 0. The highest BCUT2D eigenvalue weighted by molar-refractivity contribution is 6.11. The topological polar surface area (TPSA) is 57.7 Å². The number of nitrogens with zero attached hydrogens (tertiary/aromatic N) is 2. The van der Waals surface area contributed by atoms with Crippen LogP contribution in [0.3, 0.4) is 0 Å². The lowest BCUT2D eigenvalue weighted by Crippen LogP contribution is -2.50. The summed E-state index contributed by atoms with van der Waals surface area (Å²) in [6, 6.07) is -0.406. The monoisotopic (exact) mass is 342 g/mol. The van der Waals surface area contributed by atoms with Crippen LogP contribution in [-0.2, 0) is 9.59 Å². The Bertz CT molecular complexity index is 686. The van der Waals surface area contributed by atoms with Crippen molar-refractivity contribution in [3.63, 3.8) is 0 Å². The summed E-state index contributed by atoms with van der Waals surface area (Å²) in [6.45, 7) is 5.46. The highest BCUT2D eigenvalue weighted by atomic mass is 16.2. The van der Waals surface area contributed by atoms with Gasteiger partial charge in [0.05, 0.1) is 6.54 Å². The van der Waals surface area contributed by atoms with Gasteiger partial charge in [0.25, 0.3) is 5.91 Å². The number of Topliss-reactive ketones (excluding diaryl/α,β-unsaturated/α-hetero) is 1. The van der Waals surface area contributed by atoms with Crippen LogP contribution in [0.15, 0.2) is 23.8 Å². The van der Waals surface area contributed by atoms with E-state index in [1.807, 2.05) is 6.92 Å². The lowest BCUT2D eigenvalue weighted by molar-refractivity contribution is -0.136. The number of rotatable bonds is 5. The molecule has 3 amide bonds. The number of carbonyl (C=O) groups excluding carboxylic acids is 3. The fourth-order valence-electron chi connectivity index (χ4n) is 3.91. The number of ketones is 1. The van der Waals surface area contributed by atoms with Crippen LogP contribution in [0.1, 0.15) is 40.0 Å². The van der Waals surface area contributed by atoms with Gasteiger partial charge in [-0.15, -0.1) is 6.42 Å². The third kappa shape index (κ3) is 3.26. The zero-order chi connectivity index (χ0) is 18.8. The number of terminal acetylenes is 1. The second-order valence-electron chi connectivity index (χ2n) is 7.16. The molecule has 0 radical (unpaired) electrons. The number of likely N-dealkylation sites (N-methyl/N-ethyl adjacent to an activating group) is 1. The molecule has 1 heterocycles. The molecule has 0 aromatic carbocycles. The number of amides is 3. The SMILES string of the molecule is C#C/C=C\C(=C/C)C(=O)CN1C(=O)N(C)C(C)(C2CCC(C)C2)C1=O. The fraction of sp³-hybridized carbons (Fsp3) is 0.550. The molecule has 1 aliphatic heterocycles. The Kier molecular flexibility index (Phi) is 5.52. The normalized spacial score (nSPS) is 30.4. The minimum atomic E-state index is -0.868. The van der Waals surface area contributed by atoms with Crippen molar-refractivity contribution in [2.75, 3.05) is 13.6 Å². The second-order valence-corrected chi connectivity index (χ2v) is 7.16. The van der Waals surface area contributed by atoms with Gasteiger partial charge in [0.15, 0.2) is 5.78 Å². The van der Waals surface area contributed by atoms with Crippen molar-refractivity contribution in [1.29, 1.82) is 0 Å². The predicted molar refractivity (Wildman–Crippen MR) is 96.5 cm³/mol. The first kappa shape index (κ1) is 19.0. The third-order valence-electron chi connectivity index (χ3n) is 5.68. The molecule has 2 fully saturated rings. The van der Waals surface area contributed by atoms with Crippen LogP contribution < -0.4 is 0 Å². The molecule has 2 aliphatic rings. The van der Waals surface area contributed by atoms with E-state index < -0.39 is 11.6 Å². The first-order chi connectivity index (χ1) is 11.8. The van der Waals surface area contributed by atoms with Crippen LogP contribution in [0.25, 0.3) is 0 Å². The van der Waals surface area contributed by atoms with E-state index in [9.17, 15) is 14.4 Å². The molecule has 2 rings (SSSR count). The van der Waals surface area contributed by atoms with Crippen LogP contribution in [-0.4, -0.2) is 46.7 Å². The average molecular weight is 342 g/mol. The molecule has 0 spiro atoms. The van der Waals surface area contributed by atoms with Gasteiger partial charge in [-0.05, 0) is 50.7 Å². The molecule has 3 unspecified atom stereocenters. The van der Waals surface area contributed by atoms with Crippen LogP contribution in [0.4, 0.5) is 4.79 Å². The molecule has 0 aromatic heterocycles. The maximum Gasteiger partial charge on any atom is 0.327 e. The molecule has 25 heavy (non-hydrogen) atoms. The third-order valence-corrected chi connectivity index (χ3v) is 5.68. The molecule has 0 N–H and O–H groups in total. The van der Waals surface area contributed by atoms with E-state index in [0.29, 0.717) is 11.5 Å². The van der Waals surface area contributed by atoms with Gasteiger partial charge in [0.1, 0.15) is 5.54 Å². The molecule has 0 bridgehead atoms. The van der Waals surface area contributed by atoms with Crippen molar-refractivity contribution in [1.82, 2.24) is 9.80 Å². The van der Waals surface area contributed by atoms with Gasteiger partial charge in [0, 0.05) is 12.6 Å². The fourth-order valence-corrected chi connectivity index (χ4v) is 3.91. The van der Waals surface area contributed by atoms with Crippen molar-refractivity contribution in [3.05, 3.63) is 23.8 Å². The molecule has 0 aromatic rings. The minimum absolute atomic E-state index is 0.131. The first-order valence-electron chi connectivity index (χ1n) is 8.69. The minimum Gasteiger partial charge on any atom is -0.313 e. The smallest absolute Gasteiger partial charge is 0.313 e. The molecule has 1 saturated carbocycles. The van der Waals surface area contributed by atoms with E-state index in [1.54, 1.807) is 20.0 Å². The van der Waals surface area contributed by atoms with Gasteiger partial charge in [-0.25, -0.2) is 4.79 Å². The predicted octanol–water partition coefficient (Wildman–Crippen LogP) is 2.78. The van der Waals surface area contributed by atoms with Crippen molar-refractivity contribution >= 4 is 17.7 Å². The summed E-state index contributed by atoms with van der Waals surface area (Å²) in [5.74, 6) is 2.44. The molecule has 5 nitrogen and oxygen atoms in total. The Morgan fingerprint density at radius 1 is 1.40 bits per heavy atom. The summed E-state index contributed by atoms with van der Waals surface area (Å²) in [5.41, 5.74) is -0.475. The number of urea groups is 1. The number of imide groups is 1. The highest BCUT2D eigenvalue weighted by Crippen LogP contribution is 2.44. The van der Waals surface area contributed by atoms with Crippen molar-refractivity contribution in [2.45, 2.75) is 45.6 Å². The molecule has 1 saturated heterocycles.